The van der Waals surface area contributed by atoms with Gasteiger partial charge in [-0.25, -0.2) is 0 Å². The first kappa shape index (κ1) is 15.5. The van der Waals surface area contributed by atoms with Gasteiger partial charge in [0, 0.05) is 12.5 Å². The Balaban J connectivity index is 2.23. The zero-order chi connectivity index (χ0) is 13.6. The first-order valence-electron chi connectivity index (χ1n) is 7.43. The van der Waals surface area contributed by atoms with E-state index in [9.17, 15) is 4.79 Å². The summed E-state index contributed by atoms with van der Waals surface area (Å²) in [6.45, 7) is 8.43. The molecule has 18 heavy (non-hydrogen) atoms. The van der Waals surface area contributed by atoms with Crippen molar-refractivity contribution in [3.8, 4) is 0 Å². The van der Waals surface area contributed by atoms with E-state index < -0.39 is 0 Å². The molecule has 0 aliphatic heterocycles. The summed E-state index contributed by atoms with van der Waals surface area (Å²) in [6.07, 6.45) is 6.51. The molecule has 1 aliphatic rings. The normalized spacial score (nSPS) is 24.9. The van der Waals surface area contributed by atoms with Crippen LogP contribution in [0.1, 0.15) is 59.3 Å². The molecule has 0 aromatic heterocycles. The molecule has 0 radical (unpaired) electrons. The molecule has 0 atom stereocenters. The summed E-state index contributed by atoms with van der Waals surface area (Å²) in [6, 6.07) is 0. The number of carbonyl (C=O) groups is 1. The van der Waals surface area contributed by atoms with Crippen molar-refractivity contribution in [3.63, 3.8) is 0 Å². The minimum Gasteiger partial charge on any atom is -0.356 e. The highest BCUT2D eigenvalue weighted by atomic mass is 16.1. The number of unbranched alkanes of at least 4 members (excludes halogenated alkanes) is 1. The second-order valence-electron chi connectivity index (χ2n) is 6.70. The summed E-state index contributed by atoms with van der Waals surface area (Å²) in [5.74, 6) is 1.29. The molecule has 1 fully saturated rings. The van der Waals surface area contributed by atoms with Gasteiger partial charge in [-0.05, 0) is 56.4 Å². The summed E-state index contributed by atoms with van der Waals surface area (Å²) >= 11 is 0. The van der Waals surface area contributed by atoms with E-state index in [0.29, 0.717) is 12.0 Å². The Morgan fingerprint density at radius 3 is 2.28 bits per heavy atom. The van der Waals surface area contributed by atoms with Crippen molar-refractivity contribution in [2.45, 2.75) is 59.3 Å². The van der Waals surface area contributed by atoms with E-state index in [4.69, 9.17) is 5.73 Å². The third-order valence-electron chi connectivity index (χ3n) is 4.25. The monoisotopic (exact) mass is 254 g/mol. The van der Waals surface area contributed by atoms with Gasteiger partial charge in [0.15, 0.2) is 0 Å². The maximum absolute atomic E-state index is 12.0. The molecule has 1 amide bonds. The van der Waals surface area contributed by atoms with Crippen LogP contribution in [-0.4, -0.2) is 19.0 Å². The Kier molecular flexibility index (Phi) is 6.13. The highest BCUT2D eigenvalue weighted by Gasteiger charge is 2.32. The van der Waals surface area contributed by atoms with Crippen LogP contribution in [0.25, 0.3) is 0 Å². The van der Waals surface area contributed by atoms with E-state index in [1.54, 1.807) is 0 Å². The minimum atomic E-state index is 0.251. The summed E-state index contributed by atoms with van der Waals surface area (Å²) in [4.78, 5) is 12.0. The largest absolute Gasteiger partial charge is 0.356 e. The Hall–Kier alpha value is -0.570. The summed E-state index contributed by atoms with van der Waals surface area (Å²) in [5, 5.41) is 3.05. The highest BCUT2D eigenvalue weighted by Crippen LogP contribution is 2.39. The molecule has 1 saturated carbocycles. The molecule has 1 aliphatic carbocycles. The predicted molar refractivity (Wildman–Crippen MR) is 76.2 cm³/mol. The zero-order valence-corrected chi connectivity index (χ0v) is 12.3. The fraction of sp³-hybridized carbons (Fsp3) is 0.933. The van der Waals surface area contributed by atoms with E-state index in [2.05, 4.69) is 26.1 Å². The number of amides is 1. The fourth-order valence-corrected chi connectivity index (χ4v) is 2.85. The van der Waals surface area contributed by atoms with Crippen LogP contribution < -0.4 is 11.1 Å². The van der Waals surface area contributed by atoms with Crippen LogP contribution >= 0.6 is 0 Å². The average Bonchev–Trinajstić information content (AvgIpc) is 2.33. The molecular formula is C15H30N2O. The number of hydrogen-bond acceptors (Lipinski definition) is 2. The van der Waals surface area contributed by atoms with E-state index in [1.165, 1.54) is 12.8 Å². The van der Waals surface area contributed by atoms with E-state index in [0.717, 1.165) is 38.1 Å². The van der Waals surface area contributed by atoms with Crippen LogP contribution in [0, 0.1) is 17.3 Å². The van der Waals surface area contributed by atoms with Gasteiger partial charge in [0.2, 0.25) is 5.91 Å². The lowest BCUT2D eigenvalue weighted by molar-refractivity contribution is -0.126. The van der Waals surface area contributed by atoms with Gasteiger partial charge in [-0.15, -0.1) is 0 Å². The number of hydrogen-bond donors (Lipinski definition) is 2. The Morgan fingerprint density at radius 2 is 1.78 bits per heavy atom. The maximum Gasteiger partial charge on any atom is 0.223 e. The number of rotatable bonds is 5. The van der Waals surface area contributed by atoms with Gasteiger partial charge >= 0.3 is 0 Å². The molecule has 3 N–H and O–H groups in total. The molecule has 0 aromatic carbocycles. The van der Waals surface area contributed by atoms with Gasteiger partial charge in [-0.3, -0.25) is 4.79 Å². The van der Waals surface area contributed by atoms with Crippen LogP contribution in [0.5, 0.6) is 0 Å². The lowest BCUT2D eigenvalue weighted by Gasteiger charge is -2.36. The van der Waals surface area contributed by atoms with Crippen molar-refractivity contribution < 1.29 is 4.79 Å². The third-order valence-corrected chi connectivity index (χ3v) is 4.25. The fourth-order valence-electron chi connectivity index (χ4n) is 2.85. The van der Waals surface area contributed by atoms with Crippen molar-refractivity contribution in [2.75, 3.05) is 13.1 Å². The van der Waals surface area contributed by atoms with Gasteiger partial charge in [-0.1, -0.05) is 20.8 Å². The van der Waals surface area contributed by atoms with Gasteiger partial charge < -0.3 is 11.1 Å². The first-order chi connectivity index (χ1) is 8.45. The second kappa shape index (κ2) is 7.13. The quantitative estimate of drug-likeness (QED) is 0.741. The predicted octanol–water partition coefficient (Wildman–Crippen LogP) is 2.69. The molecule has 3 heteroatoms. The third kappa shape index (κ3) is 4.97. The van der Waals surface area contributed by atoms with Crippen molar-refractivity contribution in [1.82, 2.24) is 5.32 Å². The molecule has 0 bridgehead atoms. The SMILES string of the molecule is CC(C)(C)C1CCC(C(=O)NCCCCN)CC1. The van der Waals surface area contributed by atoms with Gasteiger partial charge in [0.05, 0.1) is 0 Å². The Morgan fingerprint density at radius 1 is 1.17 bits per heavy atom. The van der Waals surface area contributed by atoms with Crippen molar-refractivity contribution in [1.29, 1.82) is 0 Å². The minimum absolute atomic E-state index is 0.251. The van der Waals surface area contributed by atoms with Gasteiger partial charge in [0.1, 0.15) is 0 Å². The maximum atomic E-state index is 12.0. The van der Waals surface area contributed by atoms with Gasteiger partial charge in [0.25, 0.3) is 0 Å². The number of carbonyl (C=O) groups excluding carboxylic acids is 1. The van der Waals surface area contributed by atoms with Crippen LogP contribution in [0.2, 0.25) is 0 Å². The molecule has 0 heterocycles. The standard InChI is InChI=1S/C15H30N2O/c1-15(2,3)13-8-6-12(7-9-13)14(18)17-11-5-4-10-16/h12-13H,4-11,16H2,1-3H3,(H,17,18). The summed E-state index contributed by atoms with van der Waals surface area (Å²) < 4.78 is 0. The zero-order valence-electron chi connectivity index (χ0n) is 12.3. The van der Waals surface area contributed by atoms with Crippen molar-refractivity contribution in [3.05, 3.63) is 0 Å². The van der Waals surface area contributed by atoms with Crippen LogP contribution in [0.15, 0.2) is 0 Å². The molecule has 1 rings (SSSR count). The van der Waals surface area contributed by atoms with E-state index in [-0.39, 0.29) is 11.8 Å². The Labute approximate surface area is 112 Å². The lowest BCUT2D eigenvalue weighted by atomic mass is 9.69. The summed E-state index contributed by atoms with van der Waals surface area (Å²) in [5.41, 5.74) is 5.82. The number of nitrogens with one attached hydrogen (secondary N) is 1. The van der Waals surface area contributed by atoms with E-state index >= 15 is 0 Å². The Bertz CT molecular complexity index is 250. The smallest absolute Gasteiger partial charge is 0.223 e. The molecule has 3 nitrogen and oxygen atoms in total. The van der Waals surface area contributed by atoms with Crippen LogP contribution in [-0.2, 0) is 4.79 Å². The average molecular weight is 254 g/mol. The topological polar surface area (TPSA) is 55.1 Å². The first-order valence-corrected chi connectivity index (χ1v) is 7.43. The van der Waals surface area contributed by atoms with Crippen molar-refractivity contribution >= 4 is 5.91 Å². The molecule has 0 spiro atoms. The summed E-state index contributed by atoms with van der Waals surface area (Å²) in [7, 11) is 0. The van der Waals surface area contributed by atoms with Crippen molar-refractivity contribution in [2.24, 2.45) is 23.0 Å². The molecular weight excluding hydrogens is 224 g/mol. The highest BCUT2D eigenvalue weighted by molar-refractivity contribution is 5.78. The van der Waals surface area contributed by atoms with Gasteiger partial charge in [-0.2, -0.15) is 0 Å². The lowest BCUT2D eigenvalue weighted by Crippen LogP contribution is -2.35. The molecule has 106 valence electrons. The van der Waals surface area contributed by atoms with Crippen LogP contribution in [0.4, 0.5) is 0 Å². The molecule has 0 aromatic rings. The second-order valence-corrected chi connectivity index (χ2v) is 6.70. The van der Waals surface area contributed by atoms with Crippen LogP contribution in [0.3, 0.4) is 0 Å². The molecule has 0 unspecified atom stereocenters. The number of nitrogens with two attached hydrogens (primary N) is 1. The molecule has 0 saturated heterocycles. The van der Waals surface area contributed by atoms with E-state index in [1.807, 2.05) is 0 Å².